The van der Waals surface area contributed by atoms with Crippen molar-refractivity contribution >= 4 is 0 Å². The Morgan fingerprint density at radius 2 is 1.44 bits per heavy atom. The molecule has 0 saturated heterocycles. The van der Waals surface area contributed by atoms with Gasteiger partial charge in [0, 0.05) is 17.9 Å². The van der Waals surface area contributed by atoms with E-state index in [-0.39, 0.29) is 23.7 Å². The van der Waals surface area contributed by atoms with E-state index < -0.39 is 23.5 Å². The fourth-order valence-electron chi connectivity index (χ4n) is 5.41. The van der Waals surface area contributed by atoms with Gasteiger partial charge in [-0.1, -0.05) is 95.9 Å². The Morgan fingerprint density at radius 1 is 0.778 bits per heavy atom. The van der Waals surface area contributed by atoms with Gasteiger partial charge in [0.15, 0.2) is 11.6 Å². The molecule has 1 fully saturated rings. The molecule has 36 heavy (non-hydrogen) atoms. The number of rotatable bonds is 14. The van der Waals surface area contributed by atoms with E-state index in [1.165, 1.54) is 31.4 Å². The van der Waals surface area contributed by atoms with Gasteiger partial charge in [0.1, 0.15) is 0 Å². The maximum Gasteiger partial charge on any atom is 0.255 e. The van der Waals surface area contributed by atoms with Crippen molar-refractivity contribution in [1.29, 1.82) is 0 Å². The summed E-state index contributed by atoms with van der Waals surface area (Å²) in [6.07, 6.45) is 11.8. The van der Waals surface area contributed by atoms with E-state index >= 15 is 0 Å². The maximum absolute atomic E-state index is 15.0. The van der Waals surface area contributed by atoms with E-state index in [0.717, 1.165) is 51.4 Å². The van der Waals surface area contributed by atoms with Crippen molar-refractivity contribution in [2.45, 2.75) is 109 Å². The highest BCUT2D eigenvalue weighted by Crippen LogP contribution is 2.48. The Bertz CT molecular complexity index is 925. The number of hydrogen-bond donors (Lipinski definition) is 0. The van der Waals surface area contributed by atoms with Crippen molar-refractivity contribution in [2.24, 2.45) is 5.92 Å². The van der Waals surface area contributed by atoms with Crippen LogP contribution in [0, 0.1) is 17.6 Å². The first-order chi connectivity index (χ1) is 17.4. The molecule has 200 valence electrons. The van der Waals surface area contributed by atoms with Gasteiger partial charge >= 0.3 is 0 Å². The Labute approximate surface area is 214 Å². The number of hydrogen-bond acceptors (Lipinski definition) is 1. The molecule has 3 rings (SSSR count). The third-order valence-electron chi connectivity index (χ3n) is 7.58. The third kappa shape index (κ3) is 7.73. The molecular formula is C31H42F4O. The molecule has 1 aliphatic rings. The van der Waals surface area contributed by atoms with Crippen LogP contribution in [0.15, 0.2) is 36.4 Å². The maximum atomic E-state index is 15.0. The summed E-state index contributed by atoms with van der Waals surface area (Å²) in [4.78, 5) is 0. The first-order valence-electron chi connectivity index (χ1n) is 14.0. The van der Waals surface area contributed by atoms with Crippen LogP contribution in [0.2, 0.25) is 0 Å². The zero-order chi connectivity index (χ0) is 26.0. The number of ether oxygens (including phenoxy) is 1. The van der Waals surface area contributed by atoms with Crippen LogP contribution in [0.4, 0.5) is 17.6 Å². The molecule has 2 aromatic rings. The molecule has 5 heteroatoms. The van der Waals surface area contributed by atoms with Gasteiger partial charge in [0.2, 0.25) is 5.82 Å². The van der Waals surface area contributed by atoms with E-state index in [9.17, 15) is 17.6 Å². The van der Waals surface area contributed by atoms with Crippen molar-refractivity contribution in [3.63, 3.8) is 0 Å². The molecule has 1 aliphatic carbocycles. The van der Waals surface area contributed by atoms with Crippen LogP contribution in [0.25, 0.3) is 11.1 Å². The molecule has 0 heterocycles. The number of halogens is 4. The molecule has 1 nitrogen and oxygen atoms in total. The lowest BCUT2D eigenvalue weighted by molar-refractivity contribution is -0.0737. The average molecular weight is 507 g/mol. The van der Waals surface area contributed by atoms with E-state index in [2.05, 4.69) is 13.8 Å². The third-order valence-corrected chi connectivity index (χ3v) is 7.58. The van der Waals surface area contributed by atoms with Gasteiger partial charge in [-0.05, 0) is 48.4 Å². The minimum absolute atomic E-state index is 0.0663. The van der Waals surface area contributed by atoms with E-state index in [1.807, 2.05) is 0 Å². The lowest BCUT2D eigenvalue weighted by Gasteiger charge is -2.36. The Kier molecular flexibility index (Phi) is 11.1. The molecular weight excluding hydrogens is 464 g/mol. The molecule has 0 radical (unpaired) electrons. The molecule has 0 spiro atoms. The van der Waals surface area contributed by atoms with Crippen LogP contribution in [0.5, 0.6) is 5.75 Å². The molecule has 0 aliphatic heterocycles. The number of alkyl halides is 2. The summed E-state index contributed by atoms with van der Waals surface area (Å²) in [5.74, 6) is -5.55. The summed E-state index contributed by atoms with van der Waals surface area (Å²) in [6, 6.07) is 9.48. The Balaban J connectivity index is 1.59. The summed E-state index contributed by atoms with van der Waals surface area (Å²) in [5, 5.41) is 0. The Hall–Kier alpha value is -2.04. The summed E-state index contributed by atoms with van der Waals surface area (Å²) in [7, 11) is 0. The summed E-state index contributed by atoms with van der Waals surface area (Å²) >= 11 is 0. The average Bonchev–Trinajstić information content (AvgIpc) is 2.86. The molecule has 2 aromatic carbocycles. The van der Waals surface area contributed by atoms with E-state index in [0.29, 0.717) is 24.2 Å². The fourth-order valence-corrected chi connectivity index (χ4v) is 5.41. The van der Waals surface area contributed by atoms with Gasteiger partial charge in [0.05, 0.1) is 6.61 Å². The molecule has 0 bridgehead atoms. The van der Waals surface area contributed by atoms with Gasteiger partial charge in [-0.3, -0.25) is 0 Å². The standard InChI is InChI=1S/C31H42F4O/c1-3-5-7-8-9-11-21-36-28-20-18-26(29(32)30(28)33)24-14-16-25(17-15-24)27-19-13-23(12-10-6-4-2)22-31(27,34)35/h14-18,20,23,27H,3-13,19,21-22H2,1-2H3/t23-,27+/m0/s1. The summed E-state index contributed by atoms with van der Waals surface area (Å²) in [6.45, 7) is 4.64. The smallest absolute Gasteiger partial charge is 0.255 e. The highest BCUT2D eigenvalue weighted by molar-refractivity contribution is 5.65. The van der Waals surface area contributed by atoms with Gasteiger partial charge in [-0.25, -0.2) is 13.2 Å². The first-order valence-corrected chi connectivity index (χ1v) is 14.0. The molecule has 0 unspecified atom stereocenters. The van der Waals surface area contributed by atoms with Gasteiger partial charge < -0.3 is 4.74 Å². The van der Waals surface area contributed by atoms with E-state index in [1.54, 1.807) is 24.3 Å². The lowest BCUT2D eigenvalue weighted by atomic mass is 9.74. The Morgan fingerprint density at radius 3 is 2.14 bits per heavy atom. The predicted molar refractivity (Wildman–Crippen MR) is 140 cm³/mol. The zero-order valence-corrected chi connectivity index (χ0v) is 21.9. The topological polar surface area (TPSA) is 9.23 Å². The highest BCUT2D eigenvalue weighted by atomic mass is 19.3. The second kappa shape index (κ2) is 14.0. The largest absolute Gasteiger partial charge is 0.490 e. The van der Waals surface area contributed by atoms with Crippen molar-refractivity contribution in [1.82, 2.24) is 0 Å². The highest BCUT2D eigenvalue weighted by Gasteiger charge is 2.45. The second-order valence-electron chi connectivity index (χ2n) is 10.4. The minimum atomic E-state index is -2.75. The van der Waals surface area contributed by atoms with Gasteiger partial charge in [0.25, 0.3) is 5.92 Å². The molecule has 0 amide bonds. The van der Waals surface area contributed by atoms with Crippen LogP contribution in [0.3, 0.4) is 0 Å². The van der Waals surface area contributed by atoms with Crippen LogP contribution >= 0.6 is 0 Å². The summed E-state index contributed by atoms with van der Waals surface area (Å²) in [5.41, 5.74) is 1.14. The van der Waals surface area contributed by atoms with Crippen LogP contribution < -0.4 is 4.74 Å². The van der Waals surface area contributed by atoms with Crippen molar-refractivity contribution in [3.05, 3.63) is 53.6 Å². The minimum Gasteiger partial charge on any atom is -0.490 e. The van der Waals surface area contributed by atoms with Crippen molar-refractivity contribution in [2.75, 3.05) is 6.61 Å². The molecule has 0 N–H and O–H groups in total. The lowest BCUT2D eigenvalue weighted by Crippen LogP contribution is -2.34. The molecule has 1 saturated carbocycles. The van der Waals surface area contributed by atoms with Gasteiger partial charge in [-0.2, -0.15) is 4.39 Å². The first kappa shape index (κ1) is 28.5. The second-order valence-corrected chi connectivity index (χ2v) is 10.4. The summed E-state index contributed by atoms with van der Waals surface area (Å²) < 4.78 is 64.9. The number of unbranched alkanes of at least 4 members (excludes halogenated alkanes) is 7. The van der Waals surface area contributed by atoms with Crippen LogP contribution in [0.1, 0.15) is 109 Å². The van der Waals surface area contributed by atoms with Crippen molar-refractivity contribution in [3.8, 4) is 16.9 Å². The quantitative estimate of drug-likeness (QED) is 0.183. The van der Waals surface area contributed by atoms with Crippen LogP contribution in [-0.4, -0.2) is 12.5 Å². The molecule has 2 atom stereocenters. The predicted octanol–water partition coefficient (Wildman–Crippen LogP) is 10.5. The normalized spacial score (nSPS) is 19.4. The zero-order valence-electron chi connectivity index (χ0n) is 21.9. The van der Waals surface area contributed by atoms with Crippen LogP contribution in [-0.2, 0) is 0 Å². The van der Waals surface area contributed by atoms with Crippen molar-refractivity contribution < 1.29 is 22.3 Å². The fraction of sp³-hybridized carbons (Fsp3) is 0.613. The number of benzene rings is 2. The van der Waals surface area contributed by atoms with E-state index in [4.69, 9.17) is 4.74 Å². The molecule has 0 aromatic heterocycles. The SMILES string of the molecule is CCCCCCCCOc1ccc(-c2ccc([C@H]3CC[C@H](CCCCC)CC3(F)F)cc2)c(F)c1F. The van der Waals surface area contributed by atoms with Gasteiger partial charge in [-0.15, -0.1) is 0 Å². The monoisotopic (exact) mass is 506 g/mol.